The number of anilines is 2. The van der Waals surface area contributed by atoms with Crippen LogP contribution in [0.3, 0.4) is 0 Å². The van der Waals surface area contributed by atoms with Crippen LogP contribution < -0.4 is 15.5 Å². The SMILES string of the molecule is Cc1cccc(C)c1NC(=O)CNC(=O)C1CC(=O)N(c2ccccc2F)C1. The third kappa shape index (κ3) is 4.19. The minimum Gasteiger partial charge on any atom is -0.347 e. The fourth-order valence-electron chi connectivity index (χ4n) is 3.29. The number of para-hydroxylation sites is 2. The second-order valence-electron chi connectivity index (χ2n) is 6.89. The maximum Gasteiger partial charge on any atom is 0.243 e. The van der Waals surface area contributed by atoms with Crippen molar-refractivity contribution in [1.29, 1.82) is 0 Å². The molecular formula is C21H22FN3O3. The second-order valence-corrected chi connectivity index (χ2v) is 6.89. The average Bonchev–Trinajstić information content (AvgIpc) is 3.05. The third-order valence-corrected chi connectivity index (χ3v) is 4.81. The van der Waals surface area contributed by atoms with Crippen molar-refractivity contribution in [3.05, 3.63) is 59.4 Å². The van der Waals surface area contributed by atoms with Crippen molar-refractivity contribution in [2.24, 2.45) is 5.92 Å². The van der Waals surface area contributed by atoms with E-state index in [-0.39, 0.29) is 37.0 Å². The van der Waals surface area contributed by atoms with E-state index in [9.17, 15) is 18.8 Å². The normalized spacial score (nSPS) is 16.2. The van der Waals surface area contributed by atoms with Gasteiger partial charge in [-0.2, -0.15) is 0 Å². The molecule has 1 aliphatic rings. The van der Waals surface area contributed by atoms with Crippen molar-refractivity contribution >= 4 is 29.1 Å². The molecule has 0 aliphatic carbocycles. The molecule has 7 heteroatoms. The quantitative estimate of drug-likeness (QED) is 0.833. The maximum atomic E-state index is 13.9. The molecule has 3 rings (SSSR count). The first kappa shape index (κ1) is 19.5. The molecule has 2 N–H and O–H groups in total. The molecule has 1 heterocycles. The molecule has 1 aliphatic heterocycles. The number of nitrogens with one attached hydrogen (secondary N) is 2. The van der Waals surface area contributed by atoms with Gasteiger partial charge in [-0.1, -0.05) is 30.3 Å². The molecule has 2 aromatic carbocycles. The smallest absolute Gasteiger partial charge is 0.243 e. The third-order valence-electron chi connectivity index (χ3n) is 4.81. The molecule has 1 saturated heterocycles. The van der Waals surface area contributed by atoms with Crippen LogP contribution >= 0.6 is 0 Å². The number of amides is 3. The van der Waals surface area contributed by atoms with Crippen LogP contribution in [0, 0.1) is 25.6 Å². The lowest BCUT2D eigenvalue weighted by atomic mass is 10.1. The van der Waals surface area contributed by atoms with E-state index < -0.39 is 17.6 Å². The van der Waals surface area contributed by atoms with E-state index in [1.165, 1.54) is 17.0 Å². The van der Waals surface area contributed by atoms with Crippen molar-refractivity contribution in [1.82, 2.24) is 5.32 Å². The van der Waals surface area contributed by atoms with Gasteiger partial charge in [0.1, 0.15) is 5.82 Å². The van der Waals surface area contributed by atoms with Crippen LogP contribution in [0.4, 0.5) is 15.8 Å². The zero-order valence-electron chi connectivity index (χ0n) is 15.8. The number of aryl methyl sites for hydroxylation is 2. The van der Waals surface area contributed by atoms with E-state index in [0.717, 1.165) is 16.8 Å². The number of carbonyl (C=O) groups is 3. The van der Waals surface area contributed by atoms with E-state index in [0.29, 0.717) is 0 Å². The van der Waals surface area contributed by atoms with E-state index in [1.54, 1.807) is 12.1 Å². The molecule has 6 nitrogen and oxygen atoms in total. The Morgan fingerprint density at radius 2 is 1.79 bits per heavy atom. The molecule has 1 atom stereocenters. The van der Waals surface area contributed by atoms with Crippen molar-refractivity contribution < 1.29 is 18.8 Å². The highest BCUT2D eigenvalue weighted by molar-refractivity contribution is 6.01. The molecule has 0 saturated carbocycles. The Morgan fingerprint density at radius 1 is 1.11 bits per heavy atom. The van der Waals surface area contributed by atoms with Crippen LogP contribution in [-0.2, 0) is 14.4 Å². The molecule has 28 heavy (non-hydrogen) atoms. The Bertz CT molecular complexity index is 909. The average molecular weight is 383 g/mol. The summed E-state index contributed by atoms with van der Waals surface area (Å²) in [5.74, 6) is -2.19. The number of rotatable bonds is 5. The van der Waals surface area contributed by atoms with Gasteiger partial charge in [-0.25, -0.2) is 4.39 Å². The number of carbonyl (C=O) groups excluding carboxylic acids is 3. The van der Waals surface area contributed by atoms with Crippen molar-refractivity contribution in [2.45, 2.75) is 20.3 Å². The van der Waals surface area contributed by atoms with E-state index >= 15 is 0 Å². The number of hydrogen-bond acceptors (Lipinski definition) is 3. The molecule has 0 spiro atoms. The van der Waals surface area contributed by atoms with Gasteiger partial charge in [0.05, 0.1) is 18.2 Å². The molecule has 0 bridgehead atoms. The minimum absolute atomic E-state index is 0.0152. The van der Waals surface area contributed by atoms with Gasteiger partial charge in [-0.05, 0) is 37.1 Å². The first-order valence-corrected chi connectivity index (χ1v) is 9.05. The lowest BCUT2D eigenvalue weighted by Gasteiger charge is -2.17. The summed E-state index contributed by atoms with van der Waals surface area (Å²) in [5, 5.41) is 5.36. The number of halogens is 1. The molecule has 3 amide bonds. The van der Waals surface area contributed by atoms with Crippen LogP contribution in [0.1, 0.15) is 17.5 Å². The van der Waals surface area contributed by atoms with Crippen LogP contribution in [-0.4, -0.2) is 30.8 Å². The van der Waals surface area contributed by atoms with Crippen LogP contribution in [0.2, 0.25) is 0 Å². The first-order valence-electron chi connectivity index (χ1n) is 9.05. The lowest BCUT2D eigenvalue weighted by Crippen LogP contribution is -2.38. The zero-order chi connectivity index (χ0) is 20.3. The van der Waals surface area contributed by atoms with Gasteiger partial charge in [-0.15, -0.1) is 0 Å². The van der Waals surface area contributed by atoms with Gasteiger partial charge in [-0.3, -0.25) is 14.4 Å². The fourth-order valence-corrected chi connectivity index (χ4v) is 3.29. The number of nitrogens with zero attached hydrogens (tertiary/aromatic N) is 1. The Hall–Kier alpha value is -3.22. The molecule has 0 aromatic heterocycles. The largest absolute Gasteiger partial charge is 0.347 e. The molecule has 1 unspecified atom stereocenters. The predicted molar refractivity (Wildman–Crippen MR) is 104 cm³/mol. The van der Waals surface area contributed by atoms with Gasteiger partial charge in [0.25, 0.3) is 0 Å². The van der Waals surface area contributed by atoms with Crippen LogP contribution in [0.15, 0.2) is 42.5 Å². The second kappa shape index (κ2) is 8.21. The highest BCUT2D eigenvalue weighted by Gasteiger charge is 2.36. The van der Waals surface area contributed by atoms with Crippen LogP contribution in [0.5, 0.6) is 0 Å². The Kier molecular flexibility index (Phi) is 5.73. The molecule has 0 radical (unpaired) electrons. The number of hydrogen-bond donors (Lipinski definition) is 2. The maximum absolute atomic E-state index is 13.9. The summed E-state index contributed by atoms with van der Waals surface area (Å²) in [5.41, 5.74) is 2.75. The summed E-state index contributed by atoms with van der Waals surface area (Å²) in [6, 6.07) is 11.6. The Balaban J connectivity index is 1.56. The summed E-state index contributed by atoms with van der Waals surface area (Å²) in [6.45, 7) is 3.67. The van der Waals surface area contributed by atoms with Gasteiger partial charge in [0.2, 0.25) is 17.7 Å². The standard InChI is InChI=1S/C21H22FN3O3/c1-13-6-5-7-14(2)20(13)24-18(26)11-23-21(28)15-10-19(27)25(12-15)17-9-4-3-8-16(17)22/h3-9,15H,10-12H2,1-2H3,(H,23,28)(H,24,26). The molecule has 1 fully saturated rings. The monoisotopic (exact) mass is 383 g/mol. The summed E-state index contributed by atoms with van der Waals surface area (Å²) in [7, 11) is 0. The van der Waals surface area contributed by atoms with Gasteiger partial charge in [0, 0.05) is 18.7 Å². The zero-order valence-corrected chi connectivity index (χ0v) is 15.8. The molecule has 146 valence electrons. The van der Waals surface area contributed by atoms with E-state index in [1.807, 2.05) is 32.0 Å². The Morgan fingerprint density at radius 3 is 2.46 bits per heavy atom. The fraction of sp³-hybridized carbons (Fsp3) is 0.286. The molecular weight excluding hydrogens is 361 g/mol. The highest BCUT2D eigenvalue weighted by Crippen LogP contribution is 2.27. The summed E-state index contributed by atoms with van der Waals surface area (Å²) in [6.07, 6.45) is -0.0152. The van der Waals surface area contributed by atoms with E-state index in [4.69, 9.17) is 0 Å². The van der Waals surface area contributed by atoms with Gasteiger partial charge in [0.15, 0.2) is 0 Å². The first-order chi connectivity index (χ1) is 13.4. The minimum atomic E-state index is -0.625. The van der Waals surface area contributed by atoms with E-state index in [2.05, 4.69) is 10.6 Å². The summed E-state index contributed by atoms with van der Waals surface area (Å²) >= 11 is 0. The highest BCUT2D eigenvalue weighted by atomic mass is 19.1. The number of benzene rings is 2. The molecule has 2 aromatic rings. The summed E-state index contributed by atoms with van der Waals surface area (Å²) in [4.78, 5) is 38.0. The topological polar surface area (TPSA) is 78.5 Å². The van der Waals surface area contributed by atoms with Crippen molar-refractivity contribution in [3.8, 4) is 0 Å². The van der Waals surface area contributed by atoms with Crippen molar-refractivity contribution in [3.63, 3.8) is 0 Å². The van der Waals surface area contributed by atoms with Crippen molar-refractivity contribution in [2.75, 3.05) is 23.3 Å². The lowest BCUT2D eigenvalue weighted by molar-refractivity contribution is -0.127. The predicted octanol–water partition coefficient (Wildman–Crippen LogP) is 2.55. The van der Waals surface area contributed by atoms with Gasteiger partial charge >= 0.3 is 0 Å². The summed E-state index contributed by atoms with van der Waals surface area (Å²) < 4.78 is 13.9. The van der Waals surface area contributed by atoms with Gasteiger partial charge < -0.3 is 15.5 Å². The Labute approximate surface area is 162 Å². The van der Waals surface area contributed by atoms with Crippen LogP contribution in [0.25, 0.3) is 0 Å².